The van der Waals surface area contributed by atoms with E-state index in [1.54, 1.807) is 12.1 Å². The first-order valence-electron chi connectivity index (χ1n) is 5.49. The molecule has 1 aliphatic rings. The SMILES string of the molecule is Fc1cccc(CNC2C=CCCC2)c1. The van der Waals surface area contributed by atoms with E-state index in [2.05, 4.69) is 17.5 Å². The molecule has 0 heterocycles. The largest absolute Gasteiger partial charge is 0.306 e. The van der Waals surface area contributed by atoms with Crippen LogP contribution in [0.1, 0.15) is 24.8 Å². The molecular weight excluding hydrogens is 189 g/mol. The molecule has 80 valence electrons. The third-order valence-corrected chi connectivity index (χ3v) is 2.71. The highest BCUT2D eigenvalue weighted by Crippen LogP contribution is 2.11. The first-order valence-corrected chi connectivity index (χ1v) is 5.49. The lowest BCUT2D eigenvalue weighted by Crippen LogP contribution is -2.27. The van der Waals surface area contributed by atoms with Gasteiger partial charge in [-0.3, -0.25) is 0 Å². The Morgan fingerprint density at radius 3 is 3.07 bits per heavy atom. The minimum Gasteiger partial charge on any atom is -0.306 e. The van der Waals surface area contributed by atoms with Gasteiger partial charge in [0.1, 0.15) is 5.82 Å². The Morgan fingerprint density at radius 1 is 1.40 bits per heavy atom. The summed E-state index contributed by atoms with van der Waals surface area (Å²) in [6.07, 6.45) is 8.05. The van der Waals surface area contributed by atoms with Gasteiger partial charge in [0, 0.05) is 12.6 Å². The number of halogens is 1. The summed E-state index contributed by atoms with van der Waals surface area (Å²) in [6.45, 7) is 0.743. The van der Waals surface area contributed by atoms with Crippen LogP contribution in [0, 0.1) is 5.82 Å². The van der Waals surface area contributed by atoms with Crippen LogP contribution in [0.2, 0.25) is 0 Å². The zero-order valence-electron chi connectivity index (χ0n) is 8.75. The van der Waals surface area contributed by atoms with E-state index in [1.165, 1.54) is 25.3 Å². The molecule has 0 spiro atoms. The zero-order chi connectivity index (χ0) is 10.5. The Morgan fingerprint density at radius 2 is 2.33 bits per heavy atom. The van der Waals surface area contributed by atoms with Gasteiger partial charge in [-0.2, -0.15) is 0 Å². The van der Waals surface area contributed by atoms with E-state index in [-0.39, 0.29) is 5.82 Å². The number of nitrogens with one attached hydrogen (secondary N) is 1. The van der Waals surface area contributed by atoms with Gasteiger partial charge in [-0.05, 0) is 37.0 Å². The molecule has 15 heavy (non-hydrogen) atoms. The Balaban J connectivity index is 1.87. The molecule has 0 saturated carbocycles. The van der Waals surface area contributed by atoms with Crippen LogP contribution < -0.4 is 5.32 Å². The fourth-order valence-corrected chi connectivity index (χ4v) is 1.88. The van der Waals surface area contributed by atoms with Crippen LogP contribution in [0.3, 0.4) is 0 Å². The lowest BCUT2D eigenvalue weighted by atomic mass is 10.0. The molecule has 2 rings (SSSR count). The smallest absolute Gasteiger partial charge is 0.123 e. The van der Waals surface area contributed by atoms with Crippen molar-refractivity contribution in [2.24, 2.45) is 0 Å². The topological polar surface area (TPSA) is 12.0 Å². The van der Waals surface area contributed by atoms with Crippen molar-refractivity contribution >= 4 is 0 Å². The van der Waals surface area contributed by atoms with Crippen molar-refractivity contribution in [3.63, 3.8) is 0 Å². The average Bonchev–Trinajstić information content (AvgIpc) is 2.28. The predicted molar refractivity (Wildman–Crippen MR) is 60.0 cm³/mol. The normalized spacial score (nSPS) is 20.5. The van der Waals surface area contributed by atoms with Gasteiger partial charge in [-0.15, -0.1) is 0 Å². The molecule has 0 aromatic heterocycles. The molecule has 1 atom stereocenters. The highest BCUT2D eigenvalue weighted by Gasteiger charge is 2.07. The molecule has 1 aromatic rings. The van der Waals surface area contributed by atoms with E-state index in [0.717, 1.165) is 12.1 Å². The second kappa shape index (κ2) is 5.08. The summed E-state index contributed by atoms with van der Waals surface area (Å²) in [5, 5.41) is 3.41. The molecule has 0 radical (unpaired) electrons. The lowest BCUT2D eigenvalue weighted by Gasteiger charge is -2.17. The Hall–Kier alpha value is -1.15. The number of benzene rings is 1. The predicted octanol–water partition coefficient (Wildman–Crippen LogP) is 3.02. The minimum atomic E-state index is -0.159. The van der Waals surface area contributed by atoms with E-state index < -0.39 is 0 Å². The number of hydrogen-bond acceptors (Lipinski definition) is 1. The number of rotatable bonds is 3. The molecule has 0 saturated heterocycles. The first-order chi connectivity index (χ1) is 7.34. The maximum absolute atomic E-state index is 12.9. The molecule has 1 unspecified atom stereocenters. The van der Waals surface area contributed by atoms with Crippen LogP contribution >= 0.6 is 0 Å². The first kappa shape index (κ1) is 10.4. The molecule has 1 aliphatic carbocycles. The summed E-state index contributed by atoms with van der Waals surface area (Å²) >= 11 is 0. The van der Waals surface area contributed by atoms with Gasteiger partial charge in [0.25, 0.3) is 0 Å². The van der Waals surface area contributed by atoms with Crippen molar-refractivity contribution in [1.82, 2.24) is 5.32 Å². The van der Waals surface area contributed by atoms with Gasteiger partial charge < -0.3 is 5.32 Å². The van der Waals surface area contributed by atoms with Crippen LogP contribution in [0.25, 0.3) is 0 Å². The van der Waals surface area contributed by atoms with Gasteiger partial charge in [0.15, 0.2) is 0 Å². The van der Waals surface area contributed by atoms with Crippen molar-refractivity contribution in [3.8, 4) is 0 Å². The second-order valence-electron chi connectivity index (χ2n) is 3.98. The summed E-state index contributed by atoms with van der Waals surface area (Å²) in [4.78, 5) is 0. The third kappa shape index (κ3) is 3.17. The summed E-state index contributed by atoms with van der Waals surface area (Å²) in [6, 6.07) is 7.22. The summed E-state index contributed by atoms with van der Waals surface area (Å²) in [5.74, 6) is -0.159. The molecule has 0 amide bonds. The van der Waals surface area contributed by atoms with Crippen molar-refractivity contribution in [2.45, 2.75) is 31.8 Å². The highest BCUT2D eigenvalue weighted by molar-refractivity contribution is 5.16. The Labute approximate surface area is 90.0 Å². The van der Waals surface area contributed by atoms with Crippen molar-refractivity contribution in [2.75, 3.05) is 0 Å². The summed E-state index contributed by atoms with van der Waals surface area (Å²) in [7, 11) is 0. The van der Waals surface area contributed by atoms with Crippen LogP contribution in [0.4, 0.5) is 4.39 Å². The molecule has 0 fully saturated rings. The molecule has 1 nitrogen and oxygen atoms in total. The van der Waals surface area contributed by atoms with Gasteiger partial charge in [-0.25, -0.2) is 4.39 Å². The van der Waals surface area contributed by atoms with Gasteiger partial charge in [-0.1, -0.05) is 24.3 Å². The Kier molecular flexibility index (Phi) is 3.51. The third-order valence-electron chi connectivity index (χ3n) is 2.71. The van der Waals surface area contributed by atoms with E-state index in [1.807, 2.05) is 6.07 Å². The van der Waals surface area contributed by atoms with Gasteiger partial charge >= 0.3 is 0 Å². The van der Waals surface area contributed by atoms with Crippen molar-refractivity contribution in [3.05, 3.63) is 47.8 Å². The Bertz CT molecular complexity index is 346. The minimum absolute atomic E-state index is 0.159. The maximum Gasteiger partial charge on any atom is 0.123 e. The quantitative estimate of drug-likeness (QED) is 0.748. The van der Waals surface area contributed by atoms with Gasteiger partial charge in [0.05, 0.1) is 0 Å². The van der Waals surface area contributed by atoms with Crippen LogP contribution in [-0.4, -0.2) is 6.04 Å². The van der Waals surface area contributed by atoms with E-state index in [9.17, 15) is 4.39 Å². The van der Waals surface area contributed by atoms with Crippen LogP contribution in [-0.2, 0) is 6.54 Å². The molecule has 0 bridgehead atoms. The zero-order valence-corrected chi connectivity index (χ0v) is 8.75. The standard InChI is InChI=1S/C13H16FN/c14-12-6-4-5-11(9-12)10-15-13-7-2-1-3-8-13/h2,4-7,9,13,15H,1,3,8,10H2. The fourth-order valence-electron chi connectivity index (χ4n) is 1.88. The highest BCUT2D eigenvalue weighted by atomic mass is 19.1. The fraction of sp³-hybridized carbons (Fsp3) is 0.385. The molecular formula is C13H16FN. The monoisotopic (exact) mass is 205 g/mol. The van der Waals surface area contributed by atoms with E-state index in [4.69, 9.17) is 0 Å². The summed E-state index contributed by atoms with van der Waals surface area (Å²) < 4.78 is 12.9. The van der Waals surface area contributed by atoms with E-state index in [0.29, 0.717) is 6.04 Å². The number of hydrogen-bond donors (Lipinski definition) is 1. The molecule has 0 aliphatic heterocycles. The van der Waals surface area contributed by atoms with Crippen molar-refractivity contribution in [1.29, 1.82) is 0 Å². The van der Waals surface area contributed by atoms with Crippen molar-refractivity contribution < 1.29 is 4.39 Å². The van der Waals surface area contributed by atoms with E-state index >= 15 is 0 Å². The molecule has 1 N–H and O–H groups in total. The molecule has 1 aromatic carbocycles. The van der Waals surface area contributed by atoms with Crippen LogP contribution in [0.5, 0.6) is 0 Å². The average molecular weight is 205 g/mol. The lowest BCUT2D eigenvalue weighted by molar-refractivity contribution is 0.521. The maximum atomic E-state index is 12.9. The number of allylic oxidation sites excluding steroid dienone is 1. The second-order valence-corrected chi connectivity index (χ2v) is 3.98. The van der Waals surface area contributed by atoms with Gasteiger partial charge in [0.2, 0.25) is 0 Å². The van der Waals surface area contributed by atoms with Crippen LogP contribution in [0.15, 0.2) is 36.4 Å². The summed E-state index contributed by atoms with van der Waals surface area (Å²) in [5.41, 5.74) is 1.01. The molecule has 2 heteroatoms.